The van der Waals surface area contributed by atoms with Crippen LogP contribution in [0.3, 0.4) is 0 Å². The van der Waals surface area contributed by atoms with Crippen LogP contribution in [0.2, 0.25) is 0 Å². The molecule has 0 atom stereocenters. The van der Waals surface area contributed by atoms with Gasteiger partial charge in [-0.15, -0.1) is 0 Å². The number of benzene rings is 2. The SMILES string of the molecule is Cc1ccc(C(=O)N(Cc2ccc(Br)cc2)c2nc3nc(C)c(C)c(=O)n3[nH]2)cc1. The van der Waals surface area contributed by atoms with E-state index in [0.29, 0.717) is 16.8 Å². The first-order valence-electron chi connectivity index (χ1n) is 9.42. The minimum absolute atomic E-state index is 0.224. The third kappa shape index (κ3) is 3.78. The second kappa shape index (κ2) is 7.87. The third-order valence-corrected chi connectivity index (χ3v) is 5.53. The molecular formula is C22H20BrN5O2. The quantitative estimate of drug-likeness (QED) is 0.494. The predicted octanol–water partition coefficient (Wildman–Crippen LogP) is 3.95. The number of aromatic amines is 1. The van der Waals surface area contributed by atoms with Crippen LogP contribution in [0, 0.1) is 20.8 Å². The van der Waals surface area contributed by atoms with Crippen LogP contribution in [0.1, 0.15) is 32.7 Å². The zero-order chi connectivity index (χ0) is 21.4. The fourth-order valence-corrected chi connectivity index (χ4v) is 3.34. The lowest BCUT2D eigenvalue weighted by Crippen LogP contribution is -2.31. The largest absolute Gasteiger partial charge is 0.277 e. The van der Waals surface area contributed by atoms with Crippen LogP contribution in [0.15, 0.2) is 57.8 Å². The average molecular weight is 466 g/mol. The molecule has 0 saturated heterocycles. The van der Waals surface area contributed by atoms with Crippen molar-refractivity contribution in [2.45, 2.75) is 27.3 Å². The molecule has 8 heteroatoms. The van der Waals surface area contributed by atoms with Gasteiger partial charge in [0.15, 0.2) is 0 Å². The van der Waals surface area contributed by atoms with E-state index in [2.05, 4.69) is 31.0 Å². The maximum atomic E-state index is 13.4. The summed E-state index contributed by atoms with van der Waals surface area (Å²) in [5, 5.41) is 2.95. The summed E-state index contributed by atoms with van der Waals surface area (Å²) in [4.78, 5) is 36.3. The summed E-state index contributed by atoms with van der Waals surface area (Å²) in [7, 11) is 0. The summed E-state index contributed by atoms with van der Waals surface area (Å²) in [5.41, 5.74) is 3.44. The Hall–Kier alpha value is -3.26. The highest BCUT2D eigenvalue weighted by atomic mass is 79.9. The topological polar surface area (TPSA) is 83.4 Å². The van der Waals surface area contributed by atoms with E-state index in [4.69, 9.17) is 0 Å². The molecule has 2 heterocycles. The van der Waals surface area contributed by atoms with Gasteiger partial charge in [0.1, 0.15) is 0 Å². The molecule has 0 bridgehead atoms. The highest BCUT2D eigenvalue weighted by molar-refractivity contribution is 9.10. The van der Waals surface area contributed by atoms with Gasteiger partial charge in [0.25, 0.3) is 17.2 Å². The molecule has 0 radical (unpaired) electrons. The molecular weight excluding hydrogens is 446 g/mol. The van der Waals surface area contributed by atoms with E-state index in [1.165, 1.54) is 9.42 Å². The van der Waals surface area contributed by atoms with Crippen molar-refractivity contribution in [2.75, 3.05) is 4.90 Å². The summed E-state index contributed by atoms with van der Waals surface area (Å²) in [6.07, 6.45) is 0. The fourth-order valence-electron chi connectivity index (χ4n) is 3.08. The Balaban J connectivity index is 1.82. The summed E-state index contributed by atoms with van der Waals surface area (Å²) < 4.78 is 2.22. The average Bonchev–Trinajstić information content (AvgIpc) is 3.15. The number of carbonyl (C=O) groups is 1. The smallest absolute Gasteiger partial charge is 0.272 e. The Bertz CT molecular complexity index is 1290. The molecule has 4 rings (SSSR count). The Kier molecular flexibility index (Phi) is 5.26. The molecule has 7 nitrogen and oxygen atoms in total. The number of halogens is 1. The Labute approximate surface area is 181 Å². The van der Waals surface area contributed by atoms with Gasteiger partial charge in [0.05, 0.1) is 6.54 Å². The number of nitrogens with zero attached hydrogens (tertiary/aromatic N) is 4. The van der Waals surface area contributed by atoms with Gasteiger partial charge in [-0.1, -0.05) is 45.8 Å². The van der Waals surface area contributed by atoms with Crippen molar-refractivity contribution in [2.24, 2.45) is 0 Å². The van der Waals surface area contributed by atoms with Crippen molar-refractivity contribution in [3.8, 4) is 0 Å². The van der Waals surface area contributed by atoms with Gasteiger partial charge < -0.3 is 0 Å². The molecule has 0 fully saturated rings. The van der Waals surface area contributed by atoms with Gasteiger partial charge in [0, 0.05) is 21.3 Å². The fraction of sp³-hybridized carbons (Fsp3) is 0.182. The summed E-state index contributed by atoms with van der Waals surface area (Å²) in [6.45, 7) is 5.74. The molecule has 0 saturated carbocycles. The van der Waals surface area contributed by atoms with Crippen molar-refractivity contribution in [1.29, 1.82) is 0 Å². The van der Waals surface area contributed by atoms with Crippen LogP contribution in [0.5, 0.6) is 0 Å². The number of nitrogens with one attached hydrogen (secondary N) is 1. The molecule has 0 aliphatic heterocycles. The first-order valence-corrected chi connectivity index (χ1v) is 10.2. The first-order chi connectivity index (χ1) is 14.3. The summed E-state index contributed by atoms with van der Waals surface area (Å²) >= 11 is 3.43. The van der Waals surface area contributed by atoms with Gasteiger partial charge in [-0.3, -0.25) is 19.6 Å². The molecule has 4 aromatic rings. The first kappa shape index (κ1) is 20.0. The molecule has 152 valence electrons. The number of amides is 1. The van der Waals surface area contributed by atoms with Crippen LogP contribution < -0.4 is 10.5 Å². The molecule has 1 amide bonds. The van der Waals surface area contributed by atoms with Gasteiger partial charge in [-0.2, -0.15) is 9.50 Å². The number of aromatic nitrogens is 4. The van der Waals surface area contributed by atoms with Crippen molar-refractivity contribution >= 4 is 33.6 Å². The number of rotatable bonds is 4. The number of aryl methyl sites for hydroxylation is 2. The number of hydrogen-bond acceptors (Lipinski definition) is 4. The molecule has 0 aliphatic rings. The van der Waals surface area contributed by atoms with Crippen molar-refractivity contribution in [1.82, 2.24) is 19.6 Å². The summed E-state index contributed by atoms with van der Waals surface area (Å²) in [5.74, 6) is 0.271. The molecule has 0 spiro atoms. The van der Waals surface area contributed by atoms with Crippen LogP contribution in [0.4, 0.5) is 5.95 Å². The Morgan fingerprint density at radius 1 is 1.03 bits per heavy atom. The lowest BCUT2D eigenvalue weighted by atomic mass is 10.1. The number of anilines is 1. The second-order valence-electron chi connectivity index (χ2n) is 7.19. The van der Waals surface area contributed by atoms with E-state index in [1.807, 2.05) is 43.3 Å². The van der Waals surface area contributed by atoms with Gasteiger partial charge in [0.2, 0.25) is 5.95 Å². The maximum Gasteiger partial charge on any atom is 0.277 e. The molecule has 2 aromatic carbocycles. The van der Waals surface area contributed by atoms with Crippen LogP contribution in [-0.4, -0.2) is 25.5 Å². The van der Waals surface area contributed by atoms with Crippen LogP contribution in [0.25, 0.3) is 5.78 Å². The highest BCUT2D eigenvalue weighted by Gasteiger charge is 2.23. The van der Waals surface area contributed by atoms with Crippen LogP contribution >= 0.6 is 15.9 Å². The van der Waals surface area contributed by atoms with E-state index in [0.717, 1.165) is 15.6 Å². The number of hydrogen-bond donors (Lipinski definition) is 1. The Morgan fingerprint density at radius 3 is 2.37 bits per heavy atom. The van der Waals surface area contributed by atoms with Gasteiger partial charge in [-0.25, -0.2) is 4.98 Å². The van der Waals surface area contributed by atoms with E-state index in [1.54, 1.807) is 26.0 Å². The Morgan fingerprint density at radius 2 is 1.70 bits per heavy atom. The van der Waals surface area contributed by atoms with Crippen molar-refractivity contribution in [3.05, 3.63) is 91.3 Å². The lowest BCUT2D eigenvalue weighted by Gasteiger charge is -2.20. The zero-order valence-electron chi connectivity index (χ0n) is 16.8. The molecule has 0 aliphatic carbocycles. The van der Waals surface area contributed by atoms with Crippen molar-refractivity contribution < 1.29 is 4.79 Å². The normalized spacial score (nSPS) is 11.1. The maximum absolute atomic E-state index is 13.4. The predicted molar refractivity (Wildman–Crippen MR) is 119 cm³/mol. The zero-order valence-corrected chi connectivity index (χ0v) is 18.4. The van der Waals surface area contributed by atoms with Gasteiger partial charge in [-0.05, 0) is 50.6 Å². The van der Waals surface area contributed by atoms with E-state index in [-0.39, 0.29) is 29.7 Å². The third-order valence-electron chi connectivity index (χ3n) is 5.01. The second-order valence-corrected chi connectivity index (χ2v) is 8.11. The summed E-state index contributed by atoms with van der Waals surface area (Å²) in [6, 6.07) is 15.1. The van der Waals surface area contributed by atoms with E-state index < -0.39 is 0 Å². The molecule has 30 heavy (non-hydrogen) atoms. The highest BCUT2D eigenvalue weighted by Crippen LogP contribution is 2.19. The van der Waals surface area contributed by atoms with Crippen LogP contribution in [-0.2, 0) is 6.54 Å². The number of fused-ring (bicyclic) bond motifs is 1. The number of carbonyl (C=O) groups excluding carboxylic acids is 1. The van der Waals surface area contributed by atoms with Gasteiger partial charge >= 0.3 is 0 Å². The van der Waals surface area contributed by atoms with E-state index in [9.17, 15) is 9.59 Å². The van der Waals surface area contributed by atoms with Crippen molar-refractivity contribution in [3.63, 3.8) is 0 Å². The lowest BCUT2D eigenvalue weighted by molar-refractivity contribution is 0.0983. The molecule has 1 N–H and O–H groups in total. The number of H-pyrrole nitrogens is 1. The standard InChI is InChI=1S/C22H20BrN5O2/c1-13-4-8-17(9-5-13)20(30)27(12-16-6-10-18(23)11-7-16)22-25-21-24-15(3)14(2)19(29)28(21)26-22/h4-11H,12H2,1-3H3,(H,24,25,26). The monoisotopic (exact) mass is 465 g/mol. The molecule has 2 aromatic heterocycles. The minimum atomic E-state index is -0.234. The van der Waals surface area contributed by atoms with E-state index >= 15 is 0 Å². The minimum Gasteiger partial charge on any atom is -0.272 e. The molecule has 0 unspecified atom stereocenters.